The topological polar surface area (TPSA) is 58.2 Å². The van der Waals surface area contributed by atoms with E-state index in [1.54, 1.807) is 11.2 Å². The van der Waals surface area contributed by atoms with Gasteiger partial charge in [-0.1, -0.05) is 28.1 Å². The Morgan fingerprint density at radius 1 is 1.42 bits per heavy atom. The highest BCUT2D eigenvalue weighted by atomic mass is 79.9. The van der Waals surface area contributed by atoms with Crippen molar-refractivity contribution in [3.8, 4) is 11.3 Å². The second kappa shape index (κ2) is 6.59. The summed E-state index contributed by atoms with van der Waals surface area (Å²) in [7, 11) is 0. The van der Waals surface area contributed by atoms with Crippen LogP contribution in [0.5, 0.6) is 0 Å². The van der Waals surface area contributed by atoms with Gasteiger partial charge in [0.2, 0.25) is 0 Å². The first-order valence-corrected chi connectivity index (χ1v) is 8.93. The minimum absolute atomic E-state index is 0.0555. The number of aromatic nitrogens is 2. The van der Waals surface area contributed by atoms with Crippen LogP contribution < -0.4 is 0 Å². The lowest BCUT2D eigenvalue weighted by Crippen LogP contribution is -2.36. The van der Waals surface area contributed by atoms with Crippen molar-refractivity contribution < 1.29 is 9.53 Å². The molecule has 2 aromatic rings. The van der Waals surface area contributed by atoms with Crippen molar-refractivity contribution in [3.63, 3.8) is 0 Å². The Morgan fingerprint density at radius 2 is 2.21 bits per heavy atom. The van der Waals surface area contributed by atoms with E-state index in [1.807, 2.05) is 45.0 Å². The monoisotopic (exact) mass is 391 g/mol. The summed E-state index contributed by atoms with van der Waals surface area (Å²) in [6.07, 6.45) is 3.27. The second-order valence-electron chi connectivity index (χ2n) is 7.00. The minimum Gasteiger partial charge on any atom is -0.444 e. The first kappa shape index (κ1) is 17.0. The van der Waals surface area contributed by atoms with Gasteiger partial charge in [-0.05, 0) is 45.7 Å². The van der Waals surface area contributed by atoms with Gasteiger partial charge >= 0.3 is 6.09 Å². The summed E-state index contributed by atoms with van der Waals surface area (Å²) in [5.41, 5.74) is 2.41. The Hall–Kier alpha value is -1.82. The summed E-state index contributed by atoms with van der Waals surface area (Å²) >= 11 is 3.51. The fraction of sp³-hybridized carbons (Fsp3) is 0.444. The number of carbonyl (C=O) groups excluding carboxylic acids is 1. The van der Waals surface area contributed by atoms with E-state index in [-0.39, 0.29) is 12.1 Å². The number of H-pyrrole nitrogens is 1. The highest BCUT2D eigenvalue weighted by Crippen LogP contribution is 2.37. The molecule has 2 heterocycles. The zero-order chi connectivity index (χ0) is 17.3. The molecule has 6 heteroatoms. The summed E-state index contributed by atoms with van der Waals surface area (Å²) < 4.78 is 6.57. The SMILES string of the molecule is CC(C)(C)OC(=O)N1CCCC1c1nc[nH]c1-c1cccc(Br)c1. The van der Waals surface area contributed by atoms with Gasteiger partial charge in [0.1, 0.15) is 5.60 Å². The molecule has 1 amide bonds. The lowest BCUT2D eigenvalue weighted by molar-refractivity contribution is 0.0222. The van der Waals surface area contributed by atoms with Gasteiger partial charge in [0.15, 0.2) is 0 Å². The van der Waals surface area contributed by atoms with Gasteiger partial charge < -0.3 is 9.72 Å². The molecule has 1 atom stereocenters. The Balaban J connectivity index is 1.89. The standard InChI is InChI=1S/C18H22BrN3O2/c1-18(2,3)24-17(23)22-9-5-8-14(22)16-15(20-11-21-16)12-6-4-7-13(19)10-12/h4,6-7,10-11,14H,5,8-9H2,1-3H3,(H,20,21). The molecule has 128 valence electrons. The molecule has 1 unspecified atom stereocenters. The van der Waals surface area contributed by atoms with Gasteiger partial charge in [0.05, 0.1) is 23.8 Å². The zero-order valence-electron chi connectivity index (χ0n) is 14.2. The highest BCUT2D eigenvalue weighted by Gasteiger charge is 2.35. The molecule has 24 heavy (non-hydrogen) atoms. The number of halogens is 1. The van der Waals surface area contributed by atoms with Crippen LogP contribution in [0.2, 0.25) is 0 Å². The van der Waals surface area contributed by atoms with Gasteiger partial charge in [-0.25, -0.2) is 9.78 Å². The van der Waals surface area contributed by atoms with Crippen molar-refractivity contribution in [2.45, 2.75) is 45.3 Å². The van der Waals surface area contributed by atoms with Gasteiger partial charge in [0, 0.05) is 16.6 Å². The largest absolute Gasteiger partial charge is 0.444 e. The van der Waals surface area contributed by atoms with Gasteiger partial charge in [-0.2, -0.15) is 0 Å². The van der Waals surface area contributed by atoms with Crippen LogP contribution in [0.25, 0.3) is 11.3 Å². The minimum atomic E-state index is -0.497. The number of likely N-dealkylation sites (tertiary alicyclic amines) is 1. The number of aromatic amines is 1. The molecule has 0 bridgehead atoms. The van der Waals surface area contributed by atoms with Crippen molar-refractivity contribution in [2.75, 3.05) is 6.54 Å². The molecule has 0 spiro atoms. The maximum absolute atomic E-state index is 12.5. The maximum Gasteiger partial charge on any atom is 0.410 e. The summed E-state index contributed by atoms with van der Waals surface area (Å²) in [6, 6.07) is 8.00. The predicted octanol–water partition coefficient (Wildman–Crippen LogP) is 4.91. The van der Waals surface area contributed by atoms with Crippen LogP contribution in [-0.4, -0.2) is 33.1 Å². The molecule has 1 N–H and O–H groups in total. The number of amides is 1. The third-order valence-electron chi connectivity index (χ3n) is 3.98. The van der Waals surface area contributed by atoms with Crippen LogP contribution in [-0.2, 0) is 4.74 Å². The molecular weight excluding hydrogens is 370 g/mol. The highest BCUT2D eigenvalue weighted by molar-refractivity contribution is 9.10. The molecule has 0 saturated carbocycles. The van der Waals surface area contributed by atoms with E-state index in [4.69, 9.17) is 4.74 Å². The van der Waals surface area contributed by atoms with E-state index in [1.165, 1.54) is 0 Å². The first-order valence-electron chi connectivity index (χ1n) is 8.14. The number of benzene rings is 1. The quantitative estimate of drug-likeness (QED) is 0.790. The first-order chi connectivity index (χ1) is 11.3. The molecule has 0 radical (unpaired) electrons. The van der Waals surface area contributed by atoms with E-state index in [0.717, 1.165) is 34.3 Å². The summed E-state index contributed by atoms with van der Waals surface area (Å²) in [6.45, 7) is 6.36. The maximum atomic E-state index is 12.5. The summed E-state index contributed by atoms with van der Waals surface area (Å²) in [4.78, 5) is 22.1. The van der Waals surface area contributed by atoms with Gasteiger partial charge in [0.25, 0.3) is 0 Å². The van der Waals surface area contributed by atoms with Crippen LogP contribution in [0.4, 0.5) is 4.79 Å². The molecule has 3 rings (SSSR count). The van der Waals surface area contributed by atoms with Gasteiger partial charge in [-0.3, -0.25) is 4.90 Å². The molecule has 1 aliphatic rings. The number of imidazole rings is 1. The molecule has 1 fully saturated rings. The molecule has 1 aromatic heterocycles. The van der Waals surface area contributed by atoms with Crippen LogP contribution in [0.15, 0.2) is 35.1 Å². The van der Waals surface area contributed by atoms with Crippen LogP contribution in [0, 0.1) is 0 Å². The normalized spacial score (nSPS) is 18.0. The van der Waals surface area contributed by atoms with Crippen LogP contribution in [0.3, 0.4) is 0 Å². The van der Waals surface area contributed by atoms with Crippen LogP contribution in [0.1, 0.15) is 45.3 Å². The fourth-order valence-corrected chi connectivity index (χ4v) is 3.42. The third kappa shape index (κ3) is 3.64. The van der Waals surface area contributed by atoms with E-state index in [9.17, 15) is 4.79 Å². The molecule has 1 aromatic carbocycles. The number of ether oxygens (including phenoxy) is 1. The molecule has 0 aliphatic carbocycles. The number of rotatable bonds is 2. The van der Waals surface area contributed by atoms with Crippen molar-refractivity contribution in [3.05, 3.63) is 40.8 Å². The number of hydrogen-bond donors (Lipinski definition) is 1. The lowest BCUT2D eigenvalue weighted by Gasteiger charge is -2.28. The van der Waals surface area contributed by atoms with E-state index in [2.05, 4.69) is 25.9 Å². The predicted molar refractivity (Wildman–Crippen MR) is 96.6 cm³/mol. The molecular formula is C18H22BrN3O2. The number of carbonyl (C=O) groups is 1. The third-order valence-corrected chi connectivity index (χ3v) is 4.47. The van der Waals surface area contributed by atoms with E-state index < -0.39 is 5.60 Å². The average Bonchev–Trinajstić information content (AvgIpc) is 3.14. The van der Waals surface area contributed by atoms with Crippen LogP contribution >= 0.6 is 15.9 Å². The van der Waals surface area contributed by atoms with Crippen molar-refractivity contribution in [2.24, 2.45) is 0 Å². The Labute approximate surface area is 150 Å². The number of hydrogen-bond acceptors (Lipinski definition) is 3. The smallest absolute Gasteiger partial charge is 0.410 e. The Kier molecular flexibility index (Phi) is 4.67. The average molecular weight is 392 g/mol. The Morgan fingerprint density at radius 3 is 2.92 bits per heavy atom. The second-order valence-corrected chi connectivity index (χ2v) is 7.92. The number of nitrogens with zero attached hydrogens (tertiary/aromatic N) is 2. The lowest BCUT2D eigenvalue weighted by atomic mass is 10.0. The Bertz CT molecular complexity index is 736. The summed E-state index contributed by atoms with van der Waals surface area (Å²) in [5, 5.41) is 0. The summed E-state index contributed by atoms with van der Waals surface area (Å²) in [5.74, 6) is 0. The molecule has 1 aliphatic heterocycles. The molecule has 1 saturated heterocycles. The van der Waals surface area contributed by atoms with Crippen molar-refractivity contribution >= 4 is 22.0 Å². The van der Waals surface area contributed by atoms with Gasteiger partial charge in [-0.15, -0.1) is 0 Å². The van der Waals surface area contributed by atoms with E-state index >= 15 is 0 Å². The van der Waals surface area contributed by atoms with Crippen molar-refractivity contribution in [1.29, 1.82) is 0 Å². The number of nitrogens with one attached hydrogen (secondary N) is 1. The van der Waals surface area contributed by atoms with Crippen molar-refractivity contribution in [1.82, 2.24) is 14.9 Å². The van der Waals surface area contributed by atoms with E-state index in [0.29, 0.717) is 6.54 Å². The zero-order valence-corrected chi connectivity index (χ0v) is 15.8. The molecule has 5 nitrogen and oxygen atoms in total. The fourth-order valence-electron chi connectivity index (χ4n) is 3.02.